The van der Waals surface area contributed by atoms with Crippen LogP contribution in [0.3, 0.4) is 0 Å². The average Bonchev–Trinajstić information content (AvgIpc) is 2.21. The van der Waals surface area contributed by atoms with E-state index in [2.05, 4.69) is 36.1 Å². The highest BCUT2D eigenvalue weighted by atomic mass is 16.1. The number of nitrogens with zero attached hydrogens (tertiary/aromatic N) is 1. The third-order valence-electron chi connectivity index (χ3n) is 2.69. The number of hydrogen-bond acceptors (Lipinski definition) is 3. The van der Waals surface area contributed by atoms with Crippen LogP contribution in [-0.4, -0.2) is 15.5 Å². The van der Waals surface area contributed by atoms with Gasteiger partial charge in [0, 0.05) is 17.9 Å². The zero-order chi connectivity index (χ0) is 10.6. The third kappa shape index (κ3) is 2.34. The summed E-state index contributed by atoms with van der Waals surface area (Å²) >= 11 is 0. The largest absolute Gasteiger partial charge is 0.360 e. The molecule has 1 heterocycles. The van der Waals surface area contributed by atoms with Crippen molar-refractivity contribution in [1.82, 2.24) is 9.97 Å². The molecule has 0 atom stereocenters. The summed E-state index contributed by atoms with van der Waals surface area (Å²) in [7, 11) is 0. The Bertz CT molecular complexity index is 341. The van der Waals surface area contributed by atoms with Gasteiger partial charge in [-0.25, -0.2) is 4.98 Å². The molecule has 1 aromatic heterocycles. The van der Waals surface area contributed by atoms with E-state index in [1.54, 1.807) is 6.20 Å². The van der Waals surface area contributed by atoms with Crippen LogP contribution in [-0.2, 0) is 0 Å². The summed E-state index contributed by atoms with van der Waals surface area (Å²) in [6.07, 6.45) is 5.03. The summed E-state index contributed by atoms with van der Waals surface area (Å²) in [4.78, 5) is 17.9. The highest BCUT2D eigenvalue weighted by Crippen LogP contribution is 2.17. The maximum absolute atomic E-state index is 11.3. The summed E-state index contributed by atoms with van der Waals surface area (Å²) in [6.45, 7) is 6.27. The van der Waals surface area contributed by atoms with Crippen LogP contribution in [0.25, 0.3) is 0 Å². The summed E-state index contributed by atoms with van der Waals surface area (Å²) in [6, 6.07) is 0. The highest BCUT2D eigenvalue weighted by Gasteiger charge is 2.20. The molecule has 0 aliphatic rings. The highest BCUT2D eigenvalue weighted by molar-refractivity contribution is 5.33. The van der Waals surface area contributed by atoms with Gasteiger partial charge in [-0.15, -0.1) is 0 Å². The van der Waals surface area contributed by atoms with Gasteiger partial charge in [-0.1, -0.05) is 13.8 Å². The first kappa shape index (κ1) is 10.8. The molecule has 0 bridgehead atoms. The van der Waals surface area contributed by atoms with Crippen molar-refractivity contribution in [2.75, 3.05) is 5.32 Å². The number of nitrogens with one attached hydrogen (secondary N) is 2. The fourth-order valence-electron chi connectivity index (χ4n) is 1.15. The Morgan fingerprint density at radius 1 is 1.50 bits per heavy atom. The Hall–Kier alpha value is -1.32. The lowest BCUT2D eigenvalue weighted by Gasteiger charge is -2.28. The lowest BCUT2D eigenvalue weighted by molar-refractivity contribution is 0.476. The van der Waals surface area contributed by atoms with Gasteiger partial charge in [0.15, 0.2) is 5.82 Å². The lowest BCUT2D eigenvalue weighted by atomic mass is 9.96. The van der Waals surface area contributed by atoms with Gasteiger partial charge in [0.05, 0.1) is 0 Å². The van der Waals surface area contributed by atoms with Crippen LogP contribution >= 0.6 is 0 Å². The summed E-state index contributed by atoms with van der Waals surface area (Å²) in [5.74, 6) is 0.402. The summed E-state index contributed by atoms with van der Waals surface area (Å²) in [5.41, 5.74) is -0.220. The number of H-pyrrole nitrogens is 1. The van der Waals surface area contributed by atoms with E-state index >= 15 is 0 Å². The third-order valence-corrected chi connectivity index (χ3v) is 2.69. The van der Waals surface area contributed by atoms with Crippen molar-refractivity contribution in [2.45, 2.75) is 39.2 Å². The fraction of sp³-hybridized carbons (Fsp3) is 0.600. The molecule has 1 aromatic rings. The molecule has 0 radical (unpaired) electrons. The molecule has 4 nitrogen and oxygen atoms in total. The van der Waals surface area contributed by atoms with Crippen LogP contribution in [0.15, 0.2) is 17.2 Å². The van der Waals surface area contributed by atoms with Crippen molar-refractivity contribution < 1.29 is 0 Å². The summed E-state index contributed by atoms with van der Waals surface area (Å²) < 4.78 is 0. The van der Waals surface area contributed by atoms with Crippen LogP contribution in [0.4, 0.5) is 5.82 Å². The van der Waals surface area contributed by atoms with Gasteiger partial charge >= 0.3 is 0 Å². The van der Waals surface area contributed by atoms with Gasteiger partial charge in [0.2, 0.25) is 0 Å². The minimum atomic E-state index is -0.166. The molecule has 2 N–H and O–H groups in total. The standard InChI is InChI=1S/C10H17N3O/c1-4-10(3,5-2)13-8-9(14)12-7-6-11-8/h6-7H,4-5H2,1-3H3,(H,11,13)(H,12,14). The summed E-state index contributed by atoms with van der Waals surface area (Å²) in [5, 5.41) is 3.17. The molecule has 0 spiro atoms. The molecular formula is C10H17N3O. The van der Waals surface area contributed by atoms with Gasteiger partial charge in [0.25, 0.3) is 5.56 Å². The number of aromatic amines is 1. The maximum Gasteiger partial charge on any atom is 0.290 e. The molecule has 1 rings (SSSR count). The van der Waals surface area contributed by atoms with Gasteiger partial charge in [-0.3, -0.25) is 4.79 Å². The second-order valence-corrected chi connectivity index (χ2v) is 3.66. The number of hydrogen-bond donors (Lipinski definition) is 2. The normalized spacial score (nSPS) is 11.4. The Labute approximate surface area is 83.8 Å². The maximum atomic E-state index is 11.3. The molecule has 0 aromatic carbocycles. The predicted octanol–water partition coefficient (Wildman–Crippen LogP) is 1.76. The Morgan fingerprint density at radius 2 is 2.14 bits per heavy atom. The minimum absolute atomic E-state index is 0.0542. The van der Waals surface area contributed by atoms with E-state index in [9.17, 15) is 4.79 Å². The predicted molar refractivity (Wildman–Crippen MR) is 57.5 cm³/mol. The first-order valence-corrected chi connectivity index (χ1v) is 4.93. The average molecular weight is 195 g/mol. The zero-order valence-corrected chi connectivity index (χ0v) is 8.92. The topological polar surface area (TPSA) is 57.8 Å². The van der Waals surface area contributed by atoms with E-state index in [1.165, 1.54) is 6.20 Å². The van der Waals surface area contributed by atoms with Gasteiger partial charge in [-0.2, -0.15) is 0 Å². The van der Waals surface area contributed by atoms with Gasteiger partial charge < -0.3 is 10.3 Å². The molecule has 0 saturated carbocycles. The molecule has 0 aliphatic heterocycles. The molecule has 0 saturated heterocycles. The molecule has 0 aliphatic carbocycles. The second-order valence-electron chi connectivity index (χ2n) is 3.66. The fourth-order valence-corrected chi connectivity index (χ4v) is 1.15. The Kier molecular flexibility index (Phi) is 3.28. The SMILES string of the molecule is CCC(C)(CC)Nc1ncc[nH]c1=O. The van der Waals surface area contributed by atoms with Crippen LogP contribution in [0.1, 0.15) is 33.6 Å². The zero-order valence-electron chi connectivity index (χ0n) is 8.92. The van der Waals surface area contributed by atoms with E-state index in [1.807, 2.05) is 0 Å². The van der Waals surface area contributed by atoms with Crippen LogP contribution in [0, 0.1) is 0 Å². The molecule has 0 unspecified atom stereocenters. The van der Waals surface area contributed by atoms with E-state index in [0.29, 0.717) is 5.82 Å². The van der Waals surface area contributed by atoms with Crippen molar-refractivity contribution >= 4 is 5.82 Å². The van der Waals surface area contributed by atoms with Crippen LogP contribution in [0.2, 0.25) is 0 Å². The van der Waals surface area contributed by atoms with Crippen LogP contribution in [0.5, 0.6) is 0 Å². The quantitative estimate of drug-likeness (QED) is 0.769. The molecule has 78 valence electrons. The van der Waals surface area contributed by atoms with Crippen molar-refractivity contribution in [3.63, 3.8) is 0 Å². The van der Waals surface area contributed by atoms with Crippen molar-refractivity contribution in [3.8, 4) is 0 Å². The molecule has 4 heteroatoms. The number of aromatic nitrogens is 2. The molecule has 0 amide bonds. The first-order valence-electron chi connectivity index (χ1n) is 4.93. The van der Waals surface area contributed by atoms with Crippen molar-refractivity contribution in [1.29, 1.82) is 0 Å². The van der Waals surface area contributed by atoms with Crippen molar-refractivity contribution in [3.05, 3.63) is 22.7 Å². The van der Waals surface area contributed by atoms with Gasteiger partial charge in [0.1, 0.15) is 0 Å². The van der Waals surface area contributed by atoms with E-state index in [4.69, 9.17) is 0 Å². The second kappa shape index (κ2) is 4.26. The van der Waals surface area contributed by atoms with E-state index in [0.717, 1.165) is 12.8 Å². The first-order chi connectivity index (χ1) is 6.61. The number of rotatable bonds is 4. The van der Waals surface area contributed by atoms with E-state index < -0.39 is 0 Å². The van der Waals surface area contributed by atoms with Crippen molar-refractivity contribution in [2.24, 2.45) is 0 Å². The monoisotopic (exact) mass is 195 g/mol. The molecule has 14 heavy (non-hydrogen) atoms. The molecule has 0 fully saturated rings. The van der Waals surface area contributed by atoms with Gasteiger partial charge in [-0.05, 0) is 19.8 Å². The smallest absolute Gasteiger partial charge is 0.290 e. The lowest BCUT2D eigenvalue weighted by Crippen LogP contribution is -2.36. The molecular weight excluding hydrogens is 178 g/mol. The number of anilines is 1. The van der Waals surface area contributed by atoms with E-state index in [-0.39, 0.29) is 11.1 Å². The Morgan fingerprint density at radius 3 is 2.64 bits per heavy atom. The Balaban J connectivity index is 2.88. The van der Waals surface area contributed by atoms with Crippen LogP contribution < -0.4 is 10.9 Å². The minimum Gasteiger partial charge on any atom is -0.360 e.